The van der Waals surface area contributed by atoms with E-state index in [1.165, 1.54) is 4.31 Å². The zero-order valence-corrected chi connectivity index (χ0v) is 27.4. The largest absolute Gasteiger partial charge is 0.411 e. The lowest BCUT2D eigenvalue weighted by atomic mass is 9.69. The predicted molar refractivity (Wildman–Crippen MR) is 159 cm³/mol. The van der Waals surface area contributed by atoms with E-state index in [0.29, 0.717) is 12.5 Å². The van der Waals surface area contributed by atoms with Gasteiger partial charge in [-0.25, -0.2) is 12.7 Å². The van der Waals surface area contributed by atoms with Gasteiger partial charge >= 0.3 is 0 Å². The zero-order chi connectivity index (χ0) is 29.0. The number of sulfonamides is 1. The van der Waals surface area contributed by atoms with Gasteiger partial charge in [-0.3, -0.25) is 4.79 Å². The standard InChI is InChI=1S/C31H51NO5SSi/c1-10-22(2)27(25(37-39(8,9)29(3,4)5)20-36-19-23-14-12-11-13-15-23)28(33)32-26-18-24-16-17-31(26,30(24,6)7)21-38(32,34)35/h11-15,22,24-27H,10,16-21H2,1-9H3/t22-,24+,25-,26+,27-,31+/m0/s1. The molecule has 1 aromatic carbocycles. The second-order valence-electron chi connectivity index (χ2n) is 14.6. The maximum absolute atomic E-state index is 14.6. The molecule has 4 rings (SSSR count). The van der Waals surface area contributed by atoms with Crippen molar-refractivity contribution in [3.8, 4) is 0 Å². The van der Waals surface area contributed by atoms with Crippen LogP contribution in [-0.2, 0) is 30.6 Å². The van der Waals surface area contributed by atoms with Crippen LogP contribution in [0, 0.1) is 28.6 Å². The van der Waals surface area contributed by atoms with E-state index in [-0.39, 0.29) is 46.1 Å². The number of ether oxygens (including phenoxy) is 1. The lowest BCUT2D eigenvalue weighted by Gasteiger charge is -2.43. The monoisotopic (exact) mass is 577 g/mol. The molecule has 1 aromatic rings. The fourth-order valence-corrected chi connectivity index (χ4v) is 11.3. The Kier molecular flexibility index (Phi) is 8.32. The molecule has 8 heteroatoms. The molecule has 3 aliphatic rings. The van der Waals surface area contributed by atoms with Crippen molar-refractivity contribution in [2.45, 2.75) is 111 Å². The molecule has 1 saturated heterocycles. The van der Waals surface area contributed by atoms with E-state index in [0.717, 1.165) is 31.2 Å². The summed E-state index contributed by atoms with van der Waals surface area (Å²) in [6, 6.07) is 9.75. The van der Waals surface area contributed by atoms with Crippen LogP contribution in [0.2, 0.25) is 18.1 Å². The summed E-state index contributed by atoms with van der Waals surface area (Å²) in [5, 5.41) is -0.0634. The fraction of sp³-hybridized carbons (Fsp3) is 0.774. The number of nitrogens with zero attached hydrogens (tertiary/aromatic N) is 1. The maximum Gasteiger partial charge on any atom is 0.242 e. The zero-order valence-electron chi connectivity index (χ0n) is 25.6. The Morgan fingerprint density at radius 3 is 2.38 bits per heavy atom. The summed E-state index contributed by atoms with van der Waals surface area (Å²) >= 11 is 0. The van der Waals surface area contributed by atoms with E-state index in [1.807, 2.05) is 30.3 Å². The summed E-state index contributed by atoms with van der Waals surface area (Å²) in [5.41, 5.74) is 0.635. The molecule has 220 valence electrons. The molecule has 2 saturated carbocycles. The molecule has 3 fully saturated rings. The molecule has 0 aromatic heterocycles. The van der Waals surface area contributed by atoms with Gasteiger partial charge in [0.05, 0.1) is 37.0 Å². The lowest BCUT2D eigenvalue weighted by molar-refractivity contribution is -0.141. The minimum atomic E-state index is -3.72. The molecular formula is C31H51NO5SSi. The molecule has 2 bridgehead atoms. The van der Waals surface area contributed by atoms with E-state index in [2.05, 4.69) is 61.6 Å². The van der Waals surface area contributed by atoms with Gasteiger partial charge in [0.2, 0.25) is 15.9 Å². The van der Waals surface area contributed by atoms with Crippen LogP contribution < -0.4 is 0 Å². The minimum Gasteiger partial charge on any atom is -0.411 e. The number of hydrogen-bond donors (Lipinski definition) is 0. The molecule has 1 aliphatic heterocycles. The van der Waals surface area contributed by atoms with Gasteiger partial charge in [0.1, 0.15) is 0 Å². The number of fused-ring (bicyclic) bond motifs is 1. The second kappa shape index (κ2) is 10.6. The van der Waals surface area contributed by atoms with Gasteiger partial charge in [-0.15, -0.1) is 0 Å². The molecule has 0 N–H and O–H groups in total. The normalized spacial score (nSPS) is 29.7. The Morgan fingerprint density at radius 1 is 1.18 bits per heavy atom. The molecule has 1 heterocycles. The van der Waals surface area contributed by atoms with Gasteiger partial charge < -0.3 is 9.16 Å². The minimum absolute atomic E-state index is 0.0501. The van der Waals surface area contributed by atoms with E-state index >= 15 is 0 Å². The lowest BCUT2D eigenvalue weighted by Crippen LogP contribution is -2.54. The van der Waals surface area contributed by atoms with Crippen molar-refractivity contribution in [2.24, 2.45) is 28.6 Å². The summed E-state index contributed by atoms with van der Waals surface area (Å²) in [6.45, 7) is 20.2. The topological polar surface area (TPSA) is 72.9 Å². The van der Waals surface area contributed by atoms with Gasteiger partial charge in [-0.2, -0.15) is 0 Å². The average molecular weight is 578 g/mol. The molecular weight excluding hydrogens is 526 g/mol. The molecule has 0 radical (unpaired) electrons. The molecule has 1 amide bonds. The van der Waals surface area contributed by atoms with Gasteiger partial charge in [0.25, 0.3) is 0 Å². The third kappa shape index (κ3) is 5.28. The second-order valence-corrected chi connectivity index (χ2v) is 21.2. The summed E-state index contributed by atoms with van der Waals surface area (Å²) in [4.78, 5) is 14.6. The first-order chi connectivity index (χ1) is 18.0. The van der Waals surface area contributed by atoms with Gasteiger partial charge in [-0.05, 0) is 60.2 Å². The van der Waals surface area contributed by atoms with Crippen molar-refractivity contribution >= 4 is 24.2 Å². The van der Waals surface area contributed by atoms with Crippen LogP contribution in [-0.4, -0.2) is 51.5 Å². The highest BCUT2D eigenvalue weighted by atomic mass is 32.2. The molecule has 0 unspecified atom stereocenters. The molecule has 39 heavy (non-hydrogen) atoms. The van der Waals surface area contributed by atoms with E-state index in [9.17, 15) is 13.2 Å². The van der Waals surface area contributed by atoms with E-state index in [1.54, 1.807) is 0 Å². The number of hydrogen-bond acceptors (Lipinski definition) is 5. The number of carbonyl (C=O) groups excluding carboxylic acids is 1. The van der Waals surface area contributed by atoms with Gasteiger partial charge in [-0.1, -0.05) is 85.2 Å². The Morgan fingerprint density at radius 2 is 1.82 bits per heavy atom. The van der Waals surface area contributed by atoms with Gasteiger partial charge in [0.15, 0.2) is 8.32 Å². The summed E-state index contributed by atoms with van der Waals surface area (Å²) < 4.78 is 42.2. The smallest absolute Gasteiger partial charge is 0.242 e. The summed E-state index contributed by atoms with van der Waals surface area (Å²) in [6.07, 6.45) is 2.96. The highest BCUT2D eigenvalue weighted by Crippen LogP contribution is 2.70. The first kappa shape index (κ1) is 30.7. The number of benzene rings is 1. The Bertz CT molecular complexity index is 1150. The first-order valence-electron chi connectivity index (χ1n) is 14.8. The van der Waals surface area contributed by atoms with Crippen molar-refractivity contribution in [2.75, 3.05) is 12.4 Å². The number of rotatable bonds is 10. The average Bonchev–Trinajstić information content (AvgIpc) is 3.31. The molecule has 2 aliphatic carbocycles. The van der Waals surface area contributed by atoms with Crippen molar-refractivity contribution in [3.05, 3.63) is 35.9 Å². The van der Waals surface area contributed by atoms with Crippen LogP contribution >= 0.6 is 0 Å². The van der Waals surface area contributed by atoms with Crippen molar-refractivity contribution in [1.82, 2.24) is 4.31 Å². The maximum atomic E-state index is 14.6. The van der Waals surface area contributed by atoms with E-state index < -0.39 is 30.4 Å². The van der Waals surface area contributed by atoms with Crippen LogP contribution in [0.25, 0.3) is 0 Å². The highest BCUT2D eigenvalue weighted by molar-refractivity contribution is 7.90. The van der Waals surface area contributed by atoms with E-state index in [4.69, 9.17) is 9.16 Å². The number of carbonyl (C=O) groups is 1. The molecule has 1 spiro atoms. The van der Waals surface area contributed by atoms with Crippen LogP contribution in [0.5, 0.6) is 0 Å². The Hall–Kier alpha value is -1.22. The van der Waals surface area contributed by atoms with Crippen LogP contribution in [0.3, 0.4) is 0 Å². The third-order valence-corrected chi connectivity index (χ3v) is 17.6. The third-order valence-electron chi connectivity index (χ3n) is 11.2. The van der Waals surface area contributed by atoms with Crippen molar-refractivity contribution in [1.29, 1.82) is 0 Å². The Labute approximate surface area is 238 Å². The fourth-order valence-electron chi connectivity index (χ4n) is 7.38. The first-order valence-corrected chi connectivity index (χ1v) is 19.4. The Balaban J connectivity index is 1.68. The van der Waals surface area contributed by atoms with Crippen LogP contribution in [0.1, 0.15) is 79.7 Å². The van der Waals surface area contributed by atoms with Crippen LogP contribution in [0.15, 0.2) is 30.3 Å². The SMILES string of the molecule is CC[C@H](C)[C@H](C(=O)N1[C@@H]2C[C@H]3CC[C@]2(CS1(=O)=O)C3(C)C)[C@H](COCc1ccccc1)O[Si](C)(C)C(C)(C)C. The molecule has 6 nitrogen and oxygen atoms in total. The van der Waals surface area contributed by atoms with Crippen molar-refractivity contribution < 1.29 is 22.4 Å². The summed E-state index contributed by atoms with van der Waals surface area (Å²) in [7, 11) is -6.02. The van der Waals surface area contributed by atoms with Crippen molar-refractivity contribution in [3.63, 3.8) is 0 Å². The molecule has 6 atom stereocenters. The predicted octanol–water partition coefficient (Wildman–Crippen LogP) is 6.62. The number of amides is 1. The summed E-state index contributed by atoms with van der Waals surface area (Å²) in [5.74, 6) is -0.366. The van der Waals surface area contributed by atoms with Crippen LogP contribution in [0.4, 0.5) is 0 Å². The van der Waals surface area contributed by atoms with Gasteiger partial charge in [0, 0.05) is 5.41 Å². The highest BCUT2D eigenvalue weighted by Gasteiger charge is 2.72. The quantitative estimate of drug-likeness (QED) is 0.292.